The maximum Gasteiger partial charge on any atom is 0.323 e. The minimum atomic E-state index is -0.129. The van der Waals surface area contributed by atoms with Gasteiger partial charge in [0.05, 0.1) is 6.61 Å². The first-order chi connectivity index (χ1) is 14.8. The zero-order chi connectivity index (χ0) is 20.6. The first kappa shape index (κ1) is 20.1. The first-order valence-electron chi connectivity index (χ1n) is 10.0. The van der Waals surface area contributed by atoms with E-state index in [2.05, 4.69) is 50.5 Å². The summed E-state index contributed by atoms with van der Waals surface area (Å²) in [4.78, 5) is 14.2. The molecule has 0 unspecified atom stereocenters. The van der Waals surface area contributed by atoms with Crippen molar-refractivity contribution in [3.63, 3.8) is 0 Å². The quantitative estimate of drug-likeness (QED) is 0.618. The van der Waals surface area contributed by atoms with E-state index in [-0.39, 0.29) is 6.03 Å². The molecular weight excluding hydrogens is 396 g/mol. The van der Waals surface area contributed by atoms with E-state index in [1.54, 1.807) is 29.7 Å². The van der Waals surface area contributed by atoms with Crippen LogP contribution in [0.15, 0.2) is 65.0 Å². The number of hydrogen-bond acceptors (Lipinski definition) is 5. The van der Waals surface area contributed by atoms with Gasteiger partial charge in [0.15, 0.2) is 5.82 Å². The van der Waals surface area contributed by atoms with E-state index in [0.29, 0.717) is 25.5 Å². The third-order valence-electron chi connectivity index (χ3n) is 4.97. The molecule has 154 valence electrons. The number of likely N-dealkylation sites (tertiary alicyclic amines) is 1. The standard InChI is InChI=1S/C23H24N4O2S/c28-23(25-22-5-2-10-24-26-22)27-11-6-18(7-12-27)15-20-3-1-4-21(16-20)29-13-8-19-9-14-30-17-19/h1-5,9-10,14-17H,6-8,11-13H2,(H,25,26,28). The number of piperidine rings is 1. The lowest BCUT2D eigenvalue weighted by molar-refractivity contribution is 0.207. The van der Waals surface area contributed by atoms with Gasteiger partial charge in [-0.15, -0.1) is 5.10 Å². The fourth-order valence-corrected chi connectivity index (χ4v) is 4.05. The minimum absolute atomic E-state index is 0.129. The van der Waals surface area contributed by atoms with Crippen molar-refractivity contribution in [2.75, 3.05) is 25.0 Å². The highest BCUT2D eigenvalue weighted by molar-refractivity contribution is 7.07. The Morgan fingerprint density at radius 3 is 2.87 bits per heavy atom. The topological polar surface area (TPSA) is 67.4 Å². The summed E-state index contributed by atoms with van der Waals surface area (Å²) in [6.07, 6.45) is 6.43. The van der Waals surface area contributed by atoms with E-state index in [0.717, 1.165) is 30.6 Å². The Morgan fingerprint density at radius 1 is 1.20 bits per heavy atom. The van der Waals surface area contributed by atoms with Gasteiger partial charge in [-0.3, -0.25) is 5.32 Å². The molecule has 3 aromatic rings. The van der Waals surface area contributed by atoms with Gasteiger partial charge in [0, 0.05) is 25.7 Å². The second-order valence-electron chi connectivity index (χ2n) is 7.13. The number of thiophene rings is 1. The van der Waals surface area contributed by atoms with Gasteiger partial charge in [-0.25, -0.2) is 4.79 Å². The molecule has 0 aliphatic carbocycles. The van der Waals surface area contributed by atoms with Crippen LogP contribution < -0.4 is 10.1 Å². The third-order valence-corrected chi connectivity index (χ3v) is 5.70. The molecule has 2 aromatic heterocycles. The number of ether oxygens (including phenoxy) is 1. The largest absolute Gasteiger partial charge is 0.493 e. The van der Waals surface area contributed by atoms with Gasteiger partial charge in [0.2, 0.25) is 0 Å². The predicted molar refractivity (Wildman–Crippen MR) is 120 cm³/mol. The van der Waals surface area contributed by atoms with Crippen molar-refractivity contribution in [1.82, 2.24) is 15.1 Å². The fourth-order valence-electron chi connectivity index (χ4n) is 3.35. The smallest absolute Gasteiger partial charge is 0.323 e. The first-order valence-corrected chi connectivity index (χ1v) is 11.0. The SMILES string of the molecule is O=C(Nc1cccnn1)N1CCC(=Cc2cccc(OCCc3ccsc3)c2)CC1. The molecule has 4 rings (SSSR count). The number of nitrogens with zero attached hydrogens (tertiary/aromatic N) is 3. The van der Waals surface area contributed by atoms with E-state index in [4.69, 9.17) is 4.74 Å². The van der Waals surface area contributed by atoms with Crippen LogP contribution in [-0.4, -0.2) is 40.8 Å². The number of nitrogens with one attached hydrogen (secondary N) is 1. The molecule has 0 bridgehead atoms. The lowest BCUT2D eigenvalue weighted by atomic mass is 10.0. The third kappa shape index (κ3) is 5.67. The Morgan fingerprint density at radius 2 is 2.10 bits per heavy atom. The van der Waals surface area contributed by atoms with E-state index < -0.39 is 0 Å². The Hall–Kier alpha value is -3.19. The highest BCUT2D eigenvalue weighted by Gasteiger charge is 2.19. The molecular formula is C23H24N4O2S. The molecule has 6 nitrogen and oxygen atoms in total. The predicted octanol–water partition coefficient (Wildman–Crippen LogP) is 4.87. The van der Waals surface area contributed by atoms with E-state index in [1.165, 1.54) is 11.1 Å². The van der Waals surface area contributed by atoms with Crippen LogP contribution >= 0.6 is 11.3 Å². The molecule has 0 atom stereocenters. The van der Waals surface area contributed by atoms with Crippen molar-refractivity contribution in [3.05, 3.63) is 76.1 Å². The Balaban J connectivity index is 1.28. The number of urea groups is 1. The van der Waals surface area contributed by atoms with Crippen LogP contribution in [0.4, 0.5) is 10.6 Å². The van der Waals surface area contributed by atoms with Crippen LogP contribution in [0.1, 0.15) is 24.0 Å². The second-order valence-corrected chi connectivity index (χ2v) is 7.91. The van der Waals surface area contributed by atoms with Crippen LogP contribution in [0.2, 0.25) is 0 Å². The van der Waals surface area contributed by atoms with Crippen LogP contribution in [0.3, 0.4) is 0 Å². The average Bonchev–Trinajstić information content (AvgIpc) is 3.29. The van der Waals surface area contributed by atoms with Crippen LogP contribution in [-0.2, 0) is 6.42 Å². The number of benzene rings is 1. The maximum absolute atomic E-state index is 12.4. The van der Waals surface area contributed by atoms with E-state index in [9.17, 15) is 4.79 Å². The highest BCUT2D eigenvalue weighted by Crippen LogP contribution is 2.22. The molecule has 2 amide bonds. The number of carbonyl (C=O) groups is 1. The summed E-state index contributed by atoms with van der Waals surface area (Å²) in [7, 11) is 0. The Labute approximate surface area is 180 Å². The van der Waals surface area contributed by atoms with Crippen molar-refractivity contribution in [2.45, 2.75) is 19.3 Å². The van der Waals surface area contributed by atoms with Gasteiger partial charge in [-0.1, -0.05) is 23.8 Å². The van der Waals surface area contributed by atoms with Crippen molar-refractivity contribution in [3.8, 4) is 5.75 Å². The molecule has 30 heavy (non-hydrogen) atoms. The Bertz CT molecular complexity index is 979. The average molecular weight is 421 g/mol. The summed E-state index contributed by atoms with van der Waals surface area (Å²) < 4.78 is 5.92. The molecule has 1 saturated heterocycles. The van der Waals surface area contributed by atoms with E-state index >= 15 is 0 Å². The molecule has 1 fully saturated rings. The molecule has 7 heteroatoms. The summed E-state index contributed by atoms with van der Waals surface area (Å²) >= 11 is 1.71. The fraction of sp³-hybridized carbons (Fsp3) is 0.261. The van der Waals surface area contributed by atoms with Crippen LogP contribution in [0, 0.1) is 0 Å². The van der Waals surface area contributed by atoms with Gasteiger partial charge in [-0.05, 0) is 65.1 Å². The molecule has 0 radical (unpaired) electrons. The summed E-state index contributed by atoms with van der Waals surface area (Å²) in [5.74, 6) is 1.36. The second kappa shape index (κ2) is 10.0. The van der Waals surface area contributed by atoms with Crippen LogP contribution in [0.5, 0.6) is 5.75 Å². The molecule has 3 heterocycles. The van der Waals surface area contributed by atoms with Crippen LogP contribution in [0.25, 0.3) is 6.08 Å². The zero-order valence-corrected chi connectivity index (χ0v) is 17.5. The maximum atomic E-state index is 12.4. The molecule has 1 N–H and O–H groups in total. The van der Waals surface area contributed by atoms with Crippen molar-refractivity contribution in [2.24, 2.45) is 0 Å². The van der Waals surface area contributed by atoms with Crippen molar-refractivity contribution < 1.29 is 9.53 Å². The van der Waals surface area contributed by atoms with Crippen molar-refractivity contribution in [1.29, 1.82) is 0 Å². The monoisotopic (exact) mass is 420 g/mol. The summed E-state index contributed by atoms with van der Waals surface area (Å²) in [5.41, 5.74) is 3.79. The molecule has 0 saturated carbocycles. The number of aromatic nitrogens is 2. The molecule has 0 spiro atoms. The lowest BCUT2D eigenvalue weighted by Crippen LogP contribution is -2.39. The minimum Gasteiger partial charge on any atom is -0.493 e. The molecule has 1 aliphatic heterocycles. The van der Waals surface area contributed by atoms with Gasteiger partial charge < -0.3 is 9.64 Å². The number of amides is 2. The number of carbonyl (C=O) groups excluding carboxylic acids is 1. The van der Waals surface area contributed by atoms with Crippen molar-refractivity contribution >= 4 is 29.3 Å². The summed E-state index contributed by atoms with van der Waals surface area (Å²) in [6.45, 7) is 2.05. The Kier molecular flexibility index (Phi) is 6.72. The normalized spacial score (nSPS) is 13.7. The van der Waals surface area contributed by atoms with E-state index in [1.807, 2.05) is 17.0 Å². The number of rotatable bonds is 6. The number of hydrogen-bond donors (Lipinski definition) is 1. The van der Waals surface area contributed by atoms with Gasteiger partial charge in [0.25, 0.3) is 0 Å². The number of anilines is 1. The molecule has 1 aromatic carbocycles. The summed E-state index contributed by atoms with van der Waals surface area (Å²) in [5, 5.41) is 14.7. The van der Waals surface area contributed by atoms with Gasteiger partial charge in [0.1, 0.15) is 5.75 Å². The highest BCUT2D eigenvalue weighted by atomic mass is 32.1. The van der Waals surface area contributed by atoms with Gasteiger partial charge >= 0.3 is 6.03 Å². The lowest BCUT2D eigenvalue weighted by Gasteiger charge is -2.28. The van der Waals surface area contributed by atoms with Gasteiger partial charge in [-0.2, -0.15) is 16.4 Å². The summed E-state index contributed by atoms with van der Waals surface area (Å²) in [6, 6.07) is 13.7. The zero-order valence-electron chi connectivity index (χ0n) is 16.7. The molecule has 1 aliphatic rings.